The SMILES string of the molecule is CC(C)Sc1cccc(-c2nnc(NC(=O)/C=C/c3ccccc3)o2)c1. The Hall–Kier alpha value is -2.86. The molecule has 1 aromatic heterocycles. The standard InChI is InChI=1S/C20H19N3O2S/c1-14(2)26-17-10-6-9-16(13-17)19-22-23-20(25-19)21-18(24)12-11-15-7-4-3-5-8-15/h3-14H,1-2H3,(H,21,23,24)/b12-11+. The molecule has 2 aromatic carbocycles. The van der Waals surface area contributed by atoms with Crippen LogP contribution in [0.3, 0.4) is 0 Å². The molecule has 3 aromatic rings. The summed E-state index contributed by atoms with van der Waals surface area (Å²) in [6.45, 7) is 4.28. The quantitative estimate of drug-likeness (QED) is 0.498. The van der Waals surface area contributed by atoms with Gasteiger partial charge >= 0.3 is 6.01 Å². The molecule has 132 valence electrons. The number of hydrogen-bond acceptors (Lipinski definition) is 5. The van der Waals surface area contributed by atoms with E-state index in [-0.39, 0.29) is 11.9 Å². The van der Waals surface area contributed by atoms with Crippen molar-refractivity contribution in [3.63, 3.8) is 0 Å². The minimum atomic E-state index is -0.326. The molecule has 0 spiro atoms. The number of rotatable bonds is 6. The monoisotopic (exact) mass is 365 g/mol. The molecule has 0 aliphatic heterocycles. The van der Waals surface area contributed by atoms with E-state index < -0.39 is 0 Å². The molecule has 1 N–H and O–H groups in total. The smallest absolute Gasteiger partial charge is 0.322 e. The molecule has 0 aliphatic carbocycles. The van der Waals surface area contributed by atoms with E-state index in [1.807, 2.05) is 54.6 Å². The molecule has 0 saturated carbocycles. The van der Waals surface area contributed by atoms with Crippen molar-refractivity contribution in [3.05, 3.63) is 66.2 Å². The van der Waals surface area contributed by atoms with E-state index in [1.54, 1.807) is 17.8 Å². The lowest BCUT2D eigenvalue weighted by molar-refractivity contribution is -0.112. The van der Waals surface area contributed by atoms with Gasteiger partial charge in [0.05, 0.1) is 0 Å². The summed E-state index contributed by atoms with van der Waals surface area (Å²) in [4.78, 5) is 13.1. The minimum absolute atomic E-state index is 0.0737. The Morgan fingerprint density at radius 3 is 2.69 bits per heavy atom. The van der Waals surface area contributed by atoms with Gasteiger partial charge in [0.15, 0.2) is 0 Å². The molecule has 1 heterocycles. The average Bonchev–Trinajstić information content (AvgIpc) is 3.09. The molecule has 0 fully saturated rings. The first kappa shape index (κ1) is 17.9. The maximum atomic E-state index is 12.0. The minimum Gasteiger partial charge on any atom is -0.403 e. The number of benzene rings is 2. The first-order valence-corrected chi connectivity index (χ1v) is 9.13. The van der Waals surface area contributed by atoms with Gasteiger partial charge in [-0.05, 0) is 29.8 Å². The molecule has 1 amide bonds. The number of hydrogen-bond donors (Lipinski definition) is 1. The van der Waals surface area contributed by atoms with Crippen molar-refractivity contribution in [3.8, 4) is 11.5 Å². The molecule has 0 radical (unpaired) electrons. The van der Waals surface area contributed by atoms with Gasteiger partial charge in [-0.1, -0.05) is 55.3 Å². The van der Waals surface area contributed by atoms with Gasteiger partial charge in [0.25, 0.3) is 5.91 Å². The van der Waals surface area contributed by atoms with Crippen LogP contribution in [0.5, 0.6) is 0 Å². The molecule has 26 heavy (non-hydrogen) atoms. The van der Waals surface area contributed by atoms with Crippen molar-refractivity contribution in [2.24, 2.45) is 0 Å². The van der Waals surface area contributed by atoms with Crippen molar-refractivity contribution in [2.75, 3.05) is 5.32 Å². The highest BCUT2D eigenvalue weighted by atomic mass is 32.2. The number of amides is 1. The van der Waals surface area contributed by atoms with Crippen LogP contribution in [0, 0.1) is 0 Å². The van der Waals surface area contributed by atoms with Crippen LogP contribution in [0.25, 0.3) is 17.5 Å². The molecule has 0 atom stereocenters. The molecular weight excluding hydrogens is 346 g/mol. The summed E-state index contributed by atoms with van der Waals surface area (Å²) in [5.41, 5.74) is 1.76. The van der Waals surface area contributed by atoms with E-state index in [0.29, 0.717) is 11.1 Å². The highest BCUT2D eigenvalue weighted by Gasteiger charge is 2.11. The van der Waals surface area contributed by atoms with E-state index in [4.69, 9.17) is 4.42 Å². The summed E-state index contributed by atoms with van der Waals surface area (Å²) in [5.74, 6) is 0.0479. The van der Waals surface area contributed by atoms with Crippen LogP contribution in [0.1, 0.15) is 19.4 Å². The average molecular weight is 365 g/mol. The van der Waals surface area contributed by atoms with Crippen molar-refractivity contribution >= 4 is 29.8 Å². The summed E-state index contributed by atoms with van der Waals surface area (Å²) in [5, 5.41) is 11.0. The second-order valence-corrected chi connectivity index (χ2v) is 7.49. The number of anilines is 1. The molecular formula is C20H19N3O2S. The van der Waals surface area contributed by atoms with Crippen molar-refractivity contribution < 1.29 is 9.21 Å². The van der Waals surface area contributed by atoms with E-state index in [1.165, 1.54) is 6.08 Å². The van der Waals surface area contributed by atoms with Crippen LogP contribution in [-0.2, 0) is 4.79 Å². The summed E-state index contributed by atoms with van der Waals surface area (Å²) in [7, 11) is 0. The van der Waals surface area contributed by atoms with E-state index >= 15 is 0 Å². The number of aromatic nitrogens is 2. The first-order chi connectivity index (χ1) is 12.6. The molecule has 0 bridgehead atoms. The summed E-state index contributed by atoms with van der Waals surface area (Å²) in [6.07, 6.45) is 3.15. The Kier molecular flexibility index (Phi) is 5.86. The van der Waals surface area contributed by atoms with Gasteiger partial charge in [-0.2, -0.15) is 0 Å². The second kappa shape index (κ2) is 8.49. The Labute approximate surface area is 156 Å². The van der Waals surface area contributed by atoms with E-state index in [0.717, 1.165) is 16.0 Å². The van der Waals surface area contributed by atoms with Gasteiger partial charge in [0, 0.05) is 21.8 Å². The Morgan fingerprint density at radius 1 is 1.12 bits per heavy atom. The van der Waals surface area contributed by atoms with Crippen LogP contribution >= 0.6 is 11.8 Å². The Balaban J connectivity index is 1.66. The predicted molar refractivity (Wildman–Crippen MR) is 105 cm³/mol. The molecule has 0 saturated heterocycles. The van der Waals surface area contributed by atoms with Crippen LogP contribution in [-0.4, -0.2) is 21.4 Å². The second-order valence-electron chi connectivity index (χ2n) is 5.84. The topological polar surface area (TPSA) is 68.0 Å². The molecule has 0 aliphatic rings. The van der Waals surface area contributed by atoms with Gasteiger partial charge in [0.1, 0.15) is 0 Å². The number of nitrogens with one attached hydrogen (secondary N) is 1. The maximum absolute atomic E-state index is 12.0. The number of nitrogens with zero attached hydrogens (tertiary/aromatic N) is 2. The largest absolute Gasteiger partial charge is 0.403 e. The fraction of sp³-hybridized carbons (Fsp3) is 0.150. The van der Waals surface area contributed by atoms with Crippen molar-refractivity contribution in [1.82, 2.24) is 10.2 Å². The van der Waals surface area contributed by atoms with Gasteiger partial charge in [0.2, 0.25) is 5.89 Å². The fourth-order valence-electron chi connectivity index (χ4n) is 2.25. The lowest BCUT2D eigenvalue weighted by Crippen LogP contribution is -2.07. The highest BCUT2D eigenvalue weighted by Crippen LogP contribution is 2.28. The molecule has 0 unspecified atom stereocenters. The van der Waals surface area contributed by atoms with Crippen LogP contribution in [0.4, 0.5) is 6.01 Å². The molecule has 3 rings (SSSR count). The zero-order chi connectivity index (χ0) is 18.4. The van der Waals surface area contributed by atoms with Crippen molar-refractivity contribution in [1.29, 1.82) is 0 Å². The van der Waals surface area contributed by atoms with E-state index in [9.17, 15) is 4.79 Å². The lowest BCUT2D eigenvalue weighted by Gasteiger charge is -2.05. The third kappa shape index (κ3) is 5.07. The predicted octanol–water partition coefficient (Wildman–Crippen LogP) is 4.89. The van der Waals surface area contributed by atoms with Crippen LogP contribution in [0.15, 0.2) is 70.0 Å². The van der Waals surface area contributed by atoms with E-state index in [2.05, 4.69) is 29.4 Å². The Bertz CT molecular complexity index is 904. The first-order valence-electron chi connectivity index (χ1n) is 8.25. The number of carbonyl (C=O) groups excluding carboxylic acids is 1. The summed E-state index contributed by atoms with van der Waals surface area (Å²) < 4.78 is 5.56. The van der Waals surface area contributed by atoms with Gasteiger partial charge in [-0.25, -0.2) is 0 Å². The van der Waals surface area contributed by atoms with Crippen molar-refractivity contribution in [2.45, 2.75) is 24.0 Å². The fourth-order valence-corrected chi connectivity index (χ4v) is 3.14. The summed E-state index contributed by atoms with van der Waals surface area (Å²) >= 11 is 1.76. The third-order valence-corrected chi connectivity index (χ3v) is 4.33. The summed E-state index contributed by atoms with van der Waals surface area (Å²) in [6, 6.07) is 17.5. The van der Waals surface area contributed by atoms with Crippen LogP contribution < -0.4 is 5.32 Å². The number of carbonyl (C=O) groups is 1. The zero-order valence-electron chi connectivity index (χ0n) is 14.5. The normalized spacial score (nSPS) is 11.2. The van der Waals surface area contributed by atoms with Gasteiger partial charge < -0.3 is 4.42 Å². The Morgan fingerprint density at radius 2 is 1.92 bits per heavy atom. The third-order valence-electron chi connectivity index (χ3n) is 3.33. The lowest BCUT2D eigenvalue weighted by atomic mass is 10.2. The molecule has 5 nitrogen and oxygen atoms in total. The zero-order valence-corrected chi connectivity index (χ0v) is 15.4. The van der Waals surface area contributed by atoms with Crippen LogP contribution in [0.2, 0.25) is 0 Å². The van der Waals surface area contributed by atoms with Gasteiger partial charge in [-0.3, -0.25) is 10.1 Å². The molecule has 6 heteroatoms. The van der Waals surface area contributed by atoms with Gasteiger partial charge in [-0.15, -0.1) is 16.9 Å². The maximum Gasteiger partial charge on any atom is 0.322 e. The number of thioether (sulfide) groups is 1. The highest BCUT2D eigenvalue weighted by molar-refractivity contribution is 7.99.